The van der Waals surface area contributed by atoms with E-state index in [2.05, 4.69) is 5.32 Å². The van der Waals surface area contributed by atoms with E-state index < -0.39 is 15.9 Å². The van der Waals surface area contributed by atoms with E-state index in [0.717, 1.165) is 6.07 Å². The van der Waals surface area contributed by atoms with Crippen molar-refractivity contribution in [3.8, 4) is 0 Å². The fraction of sp³-hybridized carbons (Fsp3) is 0.222. The van der Waals surface area contributed by atoms with Gasteiger partial charge in [0.1, 0.15) is 4.90 Å². The molecule has 0 aliphatic heterocycles. The van der Waals surface area contributed by atoms with Crippen molar-refractivity contribution >= 4 is 27.5 Å². The Kier molecular flexibility index (Phi) is 4.47. The Balaban J connectivity index is 3.09. The van der Waals surface area contributed by atoms with Crippen LogP contribution in [0.2, 0.25) is 5.02 Å². The third-order valence-corrected chi connectivity index (χ3v) is 3.29. The number of benzene rings is 1. The van der Waals surface area contributed by atoms with Crippen molar-refractivity contribution in [3.63, 3.8) is 0 Å². The van der Waals surface area contributed by atoms with Gasteiger partial charge in [-0.15, -0.1) is 0 Å². The zero-order valence-electron chi connectivity index (χ0n) is 8.68. The molecule has 0 bridgehead atoms. The Labute approximate surface area is 103 Å². The van der Waals surface area contributed by atoms with Gasteiger partial charge in [-0.1, -0.05) is 11.6 Å². The van der Waals surface area contributed by atoms with E-state index in [0.29, 0.717) is 0 Å². The second-order valence-electron chi connectivity index (χ2n) is 3.17. The number of nitrogens with two attached hydrogens (primary N) is 1. The first-order chi connectivity index (χ1) is 7.86. The van der Waals surface area contributed by atoms with Crippen LogP contribution < -0.4 is 10.5 Å². The molecule has 4 N–H and O–H groups in total. The molecular weight excluding hydrogens is 268 g/mol. The molecule has 1 rings (SSSR count). The number of primary sulfonamides is 1. The third kappa shape index (κ3) is 3.67. The Morgan fingerprint density at radius 1 is 1.47 bits per heavy atom. The van der Waals surface area contributed by atoms with E-state index in [9.17, 15) is 13.2 Å². The molecule has 0 saturated carbocycles. The van der Waals surface area contributed by atoms with Crippen LogP contribution in [0.3, 0.4) is 0 Å². The number of sulfonamides is 1. The molecule has 0 fully saturated rings. The number of nitrogens with one attached hydrogen (secondary N) is 1. The van der Waals surface area contributed by atoms with E-state index >= 15 is 0 Å². The fourth-order valence-corrected chi connectivity index (χ4v) is 2.21. The van der Waals surface area contributed by atoms with E-state index in [1.807, 2.05) is 0 Å². The number of aliphatic hydroxyl groups is 1. The number of hydrogen-bond donors (Lipinski definition) is 3. The van der Waals surface area contributed by atoms with Crippen molar-refractivity contribution < 1.29 is 18.3 Å². The van der Waals surface area contributed by atoms with Crippen LogP contribution in [0.5, 0.6) is 0 Å². The Morgan fingerprint density at radius 2 is 2.12 bits per heavy atom. The monoisotopic (exact) mass is 278 g/mol. The van der Waals surface area contributed by atoms with Gasteiger partial charge in [0.15, 0.2) is 0 Å². The van der Waals surface area contributed by atoms with Gasteiger partial charge in [0.05, 0.1) is 11.6 Å². The van der Waals surface area contributed by atoms with Gasteiger partial charge in [0.25, 0.3) is 5.91 Å². The maximum Gasteiger partial charge on any atom is 0.251 e. The number of rotatable bonds is 4. The molecule has 0 heterocycles. The van der Waals surface area contributed by atoms with Gasteiger partial charge in [-0.25, -0.2) is 13.6 Å². The average molecular weight is 279 g/mol. The van der Waals surface area contributed by atoms with Crippen LogP contribution in [-0.2, 0) is 10.0 Å². The smallest absolute Gasteiger partial charge is 0.251 e. The molecule has 0 aliphatic carbocycles. The molecular formula is C9H11ClN2O4S. The minimum Gasteiger partial charge on any atom is -0.395 e. The highest BCUT2D eigenvalue weighted by atomic mass is 35.5. The summed E-state index contributed by atoms with van der Waals surface area (Å²) in [4.78, 5) is 11.2. The molecule has 0 radical (unpaired) electrons. The molecule has 0 aliphatic rings. The van der Waals surface area contributed by atoms with Crippen molar-refractivity contribution in [2.75, 3.05) is 13.2 Å². The summed E-state index contributed by atoms with van der Waals surface area (Å²) in [7, 11) is -3.97. The molecule has 17 heavy (non-hydrogen) atoms. The lowest BCUT2D eigenvalue weighted by Gasteiger charge is -2.06. The number of hydrogen-bond acceptors (Lipinski definition) is 4. The fourth-order valence-electron chi connectivity index (χ4n) is 1.13. The third-order valence-electron chi connectivity index (χ3n) is 1.90. The van der Waals surface area contributed by atoms with Crippen molar-refractivity contribution in [2.45, 2.75) is 4.90 Å². The van der Waals surface area contributed by atoms with Crippen molar-refractivity contribution in [2.24, 2.45) is 5.14 Å². The summed E-state index contributed by atoms with van der Waals surface area (Å²) in [5.41, 5.74) is 0.104. The quantitative estimate of drug-likeness (QED) is 0.703. The van der Waals surface area contributed by atoms with Crippen LogP contribution in [0.25, 0.3) is 0 Å². The molecule has 6 nitrogen and oxygen atoms in total. The number of halogens is 1. The van der Waals surface area contributed by atoms with E-state index in [1.165, 1.54) is 12.1 Å². The van der Waals surface area contributed by atoms with E-state index in [4.69, 9.17) is 21.8 Å². The molecule has 0 saturated heterocycles. The Bertz CT molecular complexity index is 530. The van der Waals surface area contributed by atoms with Crippen molar-refractivity contribution in [3.05, 3.63) is 28.8 Å². The first-order valence-corrected chi connectivity index (χ1v) is 6.50. The van der Waals surface area contributed by atoms with Crippen LogP contribution in [0.15, 0.2) is 23.1 Å². The van der Waals surface area contributed by atoms with Gasteiger partial charge < -0.3 is 10.4 Å². The number of carbonyl (C=O) groups excluding carboxylic acids is 1. The molecule has 0 spiro atoms. The highest BCUT2D eigenvalue weighted by Crippen LogP contribution is 2.21. The predicted molar refractivity (Wildman–Crippen MR) is 62.2 cm³/mol. The van der Waals surface area contributed by atoms with Crippen LogP contribution in [0, 0.1) is 0 Å². The second-order valence-corrected chi connectivity index (χ2v) is 5.11. The molecule has 94 valence electrons. The highest BCUT2D eigenvalue weighted by Gasteiger charge is 2.15. The van der Waals surface area contributed by atoms with Gasteiger partial charge in [0.2, 0.25) is 10.0 Å². The largest absolute Gasteiger partial charge is 0.395 e. The van der Waals surface area contributed by atoms with Crippen molar-refractivity contribution in [1.29, 1.82) is 0 Å². The van der Waals surface area contributed by atoms with Gasteiger partial charge in [-0.3, -0.25) is 4.79 Å². The van der Waals surface area contributed by atoms with Gasteiger partial charge >= 0.3 is 0 Å². The molecule has 1 amide bonds. The standard InChI is InChI=1S/C9H11ClN2O4S/c10-7-2-1-6(9(14)12-3-4-13)5-8(7)17(11,15)16/h1-2,5,13H,3-4H2,(H,12,14)(H2,11,15,16). The predicted octanol–water partition coefficient (Wildman–Crippen LogP) is -0.290. The molecule has 0 unspecified atom stereocenters. The molecule has 8 heteroatoms. The zero-order valence-corrected chi connectivity index (χ0v) is 10.3. The lowest BCUT2D eigenvalue weighted by atomic mass is 10.2. The summed E-state index contributed by atoms with van der Waals surface area (Å²) in [6.07, 6.45) is 0. The summed E-state index contributed by atoms with van der Waals surface area (Å²) in [5, 5.41) is 15.8. The number of amides is 1. The van der Waals surface area contributed by atoms with Crippen LogP contribution >= 0.6 is 11.6 Å². The SMILES string of the molecule is NS(=O)(=O)c1cc(C(=O)NCCO)ccc1Cl. The number of aliphatic hydroxyl groups excluding tert-OH is 1. The molecule has 0 aromatic heterocycles. The van der Waals surface area contributed by atoms with Gasteiger partial charge in [-0.05, 0) is 18.2 Å². The highest BCUT2D eigenvalue weighted by molar-refractivity contribution is 7.89. The first-order valence-electron chi connectivity index (χ1n) is 4.57. The average Bonchev–Trinajstić information content (AvgIpc) is 2.25. The Morgan fingerprint density at radius 3 is 2.65 bits per heavy atom. The molecule has 1 aromatic rings. The van der Waals surface area contributed by atoms with E-state index in [1.54, 1.807) is 0 Å². The normalized spacial score (nSPS) is 11.2. The van der Waals surface area contributed by atoms with Crippen LogP contribution in [0.1, 0.15) is 10.4 Å². The Hall–Kier alpha value is -1.15. The zero-order chi connectivity index (χ0) is 13.1. The second kappa shape index (κ2) is 5.46. The first kappa shape index (κ1) is 13.9. The number of carbonyl (C=O) groups is 1. The van der Waals surface area contributed by atoms with Crippen LogP contribution in [-0.4, -0.2) is 32.6 Å². The summed E-state index contributed by atoms with van der Waals surface area (Å²) in [5.74, 6) is -0.513. The molecule has 0 atom stereocenters. The summed E-state index contributed by atoms with van der Waals surface area (Å²) < 4.78 is 22.3. The van der Waals surface area contributed by atoms with Crippen LogP contribution in [0.4, 0.5) is 0 Å². The summed E-state index contributed by atoms with van der Waals surface area (Å²) in [6.45, 7) is -0.131. The molecule has 1 aromatic carbocycles. The summed E-state index contributed by atoms with van der Waals surface area (Å²) >= 11 is 5.66. The minimum atomic E-state index is -3.97. The summed E-state index contributed by atoms with van der Waals surface area (Å²) in [6, 6.07) is 3.73. The van der Waals surface area contributed by atoms with Crippen molar-refractivity contribution in [1.82, 2.24) is 5.32 Å². The van der Waals surface area contributed by atoms with Gasteiger partial charge in [0, 0.05) is 12.1 Å². The van der Waals surface area contributed by atoms with E-state index in [-0.39, 0.29) is 28.6 Å². The maximum absolute atomic E-state index is 11.5. The maximum atomic E-state index is 11.5. The lowest BCUT2D eigenvalue weighted by molar-refractivity contribution is 0.0944. The van der Waals surface area contributed by atoms with Gasteiger partial charge in [-0.2, -0.15) is 0 Å². The lowest BCUT2D eigenvalue weighted by Crippen LogP contribution is -2.26. The topological polar surface area (TPSA) is 109 Å². The minimum absolute atomic E-state index is 0.0498.